The van der Waals surface area contributed by atoms with Gasteiger partial charge in [-0.3, -0.25) is 0 Å². The van der Waals surface area contributed by atoms with Gasteiger partial charge in [-0.2, -0.15) is 5.26 Å². The van der Waals surface area contributed by atoms with Crippen molar-refractivity contribution in [1.82, 2.24) is 5.32 Å². The maximum atomic E-state index is 8.40. The van der Waals surface area contributed by atoms with Crippen molar-refractivity contribution in [3.63, 3.8) is 0 Å². The standard InChI is InChI=1S/C11H20N2/c1-10(13-9-5-8-12)11-6-3-2-4-7-11/h10-11,13H,2-7,9H2,1H3/t10-/m1/s1. The summed E-state index contributed by atoms with van der Waals surface area (Å²) in [6, 6.07) is 2.77. The van der Waals surface area contributed by atoms with Crippen LogP contribution in [0.3, 0.4) is 0 Å². The van der Waals surface area contributed by atoms with Gasteiger partial charge in [0.1, 0.15) is 0 Å². The maximum Gasteiger partial charge on any atom is 0.0635 e. The van der Waals surface area contributed by atoms with Crippen molar-refractivity contribution in [3.8, 4) is 6.07 Å². The molecule has 0 heterocycles. The summed E-state index contributed by atoms with van der Waals surface area (Å²) in [4.78, 5) is 0. The predicted molar refractivity (Wildman–Crippen MR) is 54.3 cm³/mol. The SMILES string of the molecule is C[C@@H](NCCC#N)C1CCCCC1. The molecule has 0 aromatic rings. The molecule has 0 spiro atoms. The predicted octanol–water partition coefficient (Wildman–Crippen LogP) is 2.46. The minimum atomic E-state index is 0.605. The summed E-state index contributed by atoms with van der Waals surface area (Å²) >= 11 is 0. The van der Waals surface area contributed by atoms with Gasteiger partial charge in [0.2, 0.25) is 0 Å². The first-order valence-corrected chi connectivity index (χ1v) is 5.45. The Balaban J connectivity index is 2.14. The maximum absolute atomic E-state index is 8.40. The lowest BCUT2D eigenvalue weighted by atomic mass is 9.84. The van der Waals surface area contributed by atoms with Crippen LogP contribution in [0.5, 0.6) is 0 Å². The number of hydrogen-bond acceptors (Lipinski definition) is 2. The lowest BCUT2D eigenvalue weighted by Crippen LogP contribution is -2.35. The summed E-state index contributed by atoms with van der Waals surface area (Å²) in [6.45, 7) is 3.11. The van der Waals surface area contributed by atoms with Gasteiger partial charge in [-0.15, -0.1) is 0 Å². The molecule has 13 heavy (non-hydrogen) atoms. The molecule has 0 saturated heterocycles. The first-order chi connectivity index (χ1) is 6.34. The van der Waals surface area contributed by atoms with E-state index in [0.29, 0.717) is 12.5 Å². The van der Waals surface area contributed by atoms with E-state index in [1.807, 2.05) is 0 Å². The summed E-state index contributed by atoms with van der Waals surface area (Å²) in [5.41, 5.74) is 0. The second-order valence-electron chi connectivity index (χ2n) is 4.05. The van der Waals surface area contributed by atoms with Crippen molar-refractivity contribution in [2.24, 2.45) is 5.92 Å². The Hall–Kier alpha value is -0.550. The lowest BCUT2D eigenvalue weighted by molar-refractivity contribution is 0.283. The van der Waals surface area contributed by atoms with Gasteiger partial charge in [0.25, 0.3) is 0 Å². The Morgan fingerprint density at radius 2 is 2.08 bits per heavy atom. The molecule has 2 nitrogen and oxygen atoms in total. The van der Waals surface area contributed by atoms with Crippen LogP contribution in [0.2, 0.25) is 0 Å². The van der Waals surface area contributed by atoms with E-state index >= 15 is 0 Å². The number of rotatable bonds is 4. The molecule has 2 heteroatoms. The quantitative estimate of drug-likeness (QED) is 0.675. The molecular formula is C11H20N2. The summed E-state index contributed by atoms with van der Waals surface area (Å²) in [6.07, 6.45) is 7.60. The van der Waals surface area contributed by atoms with E-state index < -0.39 is 0 Å². The van der Waals surface area contributed by atoms with E-state index in [4.69, 9.17) is 5.26 Å². The van der Waals surface area contributed by atoms with Crippen LogP contribution in [0.15, 0.2) is 0 Å². The number of nitriles is 1. The van der Waals surface area contributed by atoms with Crippen LogP contribution in [0, 0.1) is 17.2 Å². The fourth-order valence-electron chi connectivity index (χ4n) is 2.16. The van der Waals surface area contributed by atoms with Crippen LogP contribution in [-0.2, 0) is 0 Å². The van der Waals surface area contributed by atoms with E-state index in [-0.39, 0.29) is 0 Å². The number of hydrogen-bond donors (Lipinski definition) is 1. The Morgan fingerprint density at radius 1 is 1.38 bits per heavy atom. The zero-order valence-corrected chi connectivity index (χ0v) is 8.55. The zero-order chi connectivity index (χ0) is 9.52. The monoisotopic (exact) mass is 180 g/mol. The third-order valence-electron chi connectivity index (χ3n) is 3.06. The highest BCUT2D eigenvalue weighted by Crippen LogP contribution is 2.26. The second-order valence-corrected chi connectivity index (χ2v) is 4.05. The highest BCUT2D eigenvalue weighted by atomic mass is 14.9. The Bertz CT molecular complexity index is 165. The van der Waals surface area contributed by atoms with Crippen molar-refractivity contribution in [1.29, 1.82) is 5.26 Å². The van der Waals surface area contributed by atoms with Gasteiger partial charge >= 0.3 is 0 Å². The zero-order valence-electron chi connectivity index (χ0n) is 8.55. The molecule has 0 aliphatic heterocycles. The highest BCUT2D eigenvalue weighted by Gasteiger charge is 2.18. The molecule has 74 valence electrons. The highest BCUT2D eigenvalue weighted by molar-refractivity contribution is 4.78. The molecule has 0 unspecified atom stereocenters. The molecule has 1 N–H and O–H groups in total. The first-order valence-electron chi connectivity index (χ1n) is 5.45. The van der Waals surface area contributed by atoms with Crippen LogP contribution in [0.1, 0.15) is 45.4 Å². The van der Waals surface area contributed by atoms with E-state index in [1.165, 1.54) is 32.1 Å². The molecule has 1 aliphatic carbocycles. The molecular weight excluding hydrogens is 160 g/mol. The van der Waals surface area contributed by atoms with E-state index in [9.17, 15) is 0 Å². The van der Waals surface area contributed by atoms with Gasteiger partial charge in [0.05, 0.1) is 6.07 Å². The molecule has 0 radical (unpaired) electrons. The van der Waals surface area contributed by atoms with Crippen LogP contribution < -0.4 is 5.32 Å². The average Bonchev–Trinajstić information content (AvgIpc) is 2.19. The fraction of sp³-hybridized carbons (Fsp3) is 0.909. The summed E-state index contributed by atoms with van der Waals surface area (Å²) in [5.74, 6) is 0.854. The third kappa shape index (κ3) is 3.78. The van der Waals surface area contributed by atoms with Gasteiger partial charge in [0.15, 0.2) is 0 Å². The van der Waals surface area contributed by atoms with E-state index in [1.54, 1.807) is 0 Å². The van der Waals surface area contributed by atoms with E-state index in [2.05, 4.69) is 18.3 Å². The molecule has 1 rings (SSSR count). The first kappa shape index (κ1) is 10.5. The fourth-order valence-corrected chi connectivity index (χ4v) is 2.16. The van der Waals surface area contributed by atoms with Gasteiger partial charge in [-0.1, -0.05) is 19.3 Å². The average molecular weight is 180 g/mol. The molecule has 0 amide bonds. The summed E-state index contributed by atoms with van der Waals surface area (Å²) < 4.78 is 0. The van der Waals surface area contributed by atoms with Crippen molar-refractivity contribution < 1.29 is 0 Å². The normalized spacial score (nSPS) is 20.9. The summed E-state index contributed by atoms with van der Waals surface area (Å²) in [7, 11) is 0. The molecule has 1 fully saturated rings. The lowest BCUT2D eigenvalue weighted by Gasteiger charge is -2.28. The van der Waals surface area contributed by atoms with Crippen molar-refractivity contribution in [2.75, 3.05) is 6.54 Å². The number of nitrogens with zero attached hydrogens (tertiary/aromatic N) is 1. The Morgan fingerprint density at radius 3 is 2.69 bits per heavy atom. The van der Waals surface area contributed by atoms with Crippen LogP contribution >= 0.6 is 0 Å². The van der Waals surface area contributed by atoms with Gasteiger partial charge in [0, 0.05) is 19.0 Å². The van der Waals surface area contributed by atoms with Crippen molar-refractivity contribution in [3.05, 3.63) is 0 Å². The molecule has 0 bridgehead atoms. The largest absolute Gasteiger partial charge is 0.313 e. The molecule has 1 atom stereocenters. The third-order valence-corrected chi connectivity index (χ3v) is 3.06. The second kappa shape index (κ2) is 5.99. The topological polar surface area (TPSA) is 35.8 Å². The van der Waals surface area contributed by atoms with Gasteiger partial charge in [-0.05, 0) is 25.7 Å². The van der Waals surface area contributed by atoms with Crippen molar-refractivity contribution in [2.45, 2.75) is 51.5 Å². The molecule has 0 aromatic carbocycles. The van der Waals surface area contributed by atoms with Crippen LogP contribution in [-0.4, -0.2) is 12.6 Å². The van der Waals surface area contributed by atoms with E-state index in [0.717, 1.165) is 12.5 Å². The number of nitrogens with one attached hydrogen (secondary N) is 1. The molecule has 1 saturated carbocycles. The van der Waals surface area contributed by atoms with Gasteiger partial charge in [-0.25, -0.2) is 0 Å². The minimum Gasteiger partial charge on any atom is -0.313 e. The van der Waals surface area contributed by atoms with Crippen LogP contribution in [0.4, 0.5) is 0 Å². The Labute approximate surface area is 81.3 Å². The van der Waals surface area contributed by atoms with Crippen molar-refractivity contribution >= 4 is 0 Å². The Kier molecular flexibility index (Phi) is 4.85. The molecule has 0 aromatic heterocycles. The summed E-state index contributed by atoms with van der Waals surface area (Å²) in [5, 5.41) is 11.8. The molecule has 1 aliphatic rings. The smallest absolute Gasteiger partial charge is 0.0635 e. The minimum absolute atomic E-state index is 0.605. The van der Waals surface area contributed by atoms with Crippen LogP contribution in [0.25, 0.3) is 0 Å². The van der Waals surface area contributed by atoms with Gasteiger partial charge < -0.3 is 5.32 Å².